The highest BCUT2D eigenvalue weighted by Crippen LogP contribution is 2.40. The molecule has 0 bridgehead atoms. The van der Waals surface area contributed by atoms with Gasteiger partial charge < -0.3 is 9.67 Å². The highest BCUT2D eigenvalue weighted by atomic mass is 32.2. The van der Waals surface area contributed by atoms with Crippen LogP contribution in [-0.4, -0.2) is 39.9 Å². The number of non-ortho nitro benzene ring substituents is 1. The number of piperidine rings is 1. The molecule has 3 aromatic rings. The van der Waals surface area contributed by atoms with E-state index < -0.39 is 14.9 Å². The Balaban J connectivity index is 1.82. The summed E-state index contributed by atoms with van der Waals surface area (Å²) in [5.74, 6) is 0.273. The summed E-state index contributed by atoms with van der Waals surface area (Å²) in [6, 6.07) is 10.4. The van der Waals surface area contributed by atoms with Gasteiger partial charge in [-0.1, -0.05) is 25.1 Å². The number of nitrogens with zero attached hydrogens (tertiary/aromatic N) is 5. The van der Waals surface area contributed by atoms with Crippen molar-refractivity contribution in [2.75, 3.05) is 6.54 Å². The van der Waals surface area contributed by atoms with E-state index in [4.69, 9.17) is 0 Å². The predicted molar refractivity (Wildman–Crippen MR) is 124 cm³/mol. The lowest BCUT2D eigenvalue weighted by atomic mass is 9.95. The molecule has 2 aromatic carbocycles. The summed E-state index contributed by atoms with van der Waals surface area (Å²) in [6.07, 6.45) is 1.41. The van der Waals surface area contributed by atoms with E-state index >= 15 is 0 Å². The third kappa shape index (κ3) is 4.09. The van der Waals surface area contributed by atoms with Crippen LogP contribution in [0.15, 0.2) is 57.6 Å². The summed E-state index contributed by atoms with van der Waals surface area (Å²) in [6.45, 7) is 4.23. The average Bonchev–Trinajstić information content (AvgIpc) is 3.02. The van der Waals surface area contributed by atoms with E-state index in [9.17, 15) is 23.6 Å². The lowest BCUT2D eigenvalue weighted by Crippen LogP contribution is -2.44. The maximum absolute atomic E-state index is 13.5. The van der Waals surface area contributed by atoms with Crippen LogP contribution in [0, 0.1) is 16.0 Å². The minimum atomic E-state index is -4.07. The van der Waals surface area contributed by atoms with Gasteiger partial charge in [0.1, 0.15) is 10.6 Å². The van der Waals surface area contributed by atoms with Crippen molar-refractivity contribution in [3.05, 3.63) is 52.6 Å². The number of rotatable bonds is 5. The first-order valence-electron chi connectivity index (χ1n) is 10.6. The number of hydrogen-bond donors (Lipinski definition) is 1. The number of sulfonamides is 1. The van der Waals surface area contributed by atoms with Crippen LogP contribution < -0.4 is 0 Å². The normalized spacial score (nSPS) is 20.0. The smallest absolute Gasteiger partial charge is 0.270 e. The van der Waals surface area contributed by atoms with Crippen molar-refractivity contribution in [3.8, 4) is 5.88 Å². The Bertz CT molecular complexity index is 1360. The molecule has 4 rings (SSSR count). The van der Waals surface area contributed by atoms with Gasteiger partial charge in [-0.3, -0.25) is 10.1 Å². The minimum absolute atomic E-state index is 0.0289. The third-order valence-electron chi connectivity index (χ3n) is 6.13. The number of aryl methyl sites for hydroxylation is 1. The molecule has 33 heavy (non-hydrogen) atoms. The summed E-state index contributed by atoms with van der Waals surface area (Å²) >= 11 is 0. The topological polar surface area (TPSA) is 130 Å². The fourth-order valence-corrected chi connectivity index (χ4v) is 6.14. The van der Waals surface area contributed by atoms with Crippen molar-refractivity contribution in [2.24, 2.45) is 23.2 Å². The SMILES string of the molecule is C[C@H]1CCN(S(=O)(=O)c2cc([N+](=O)[O-])ccc2N=Nc2c(O)n(C)c3ccccc23)[C@@H](C)C1. The number of aromatic nitrogens is 1. The zero-order chi connectivity index (χ0) is 23.9. The van der Waals surface area contributed by atoms with Gasteiger partial charge in [0.15, 0.2) is 5.69 Å². The second kappa shape index (κ2) is 8.56. The van der Waals surface area contributed by atoms with Crippen molar-refractivity contribution < 1.29 is 18.4 Å². The van der Waals surface area contributed by atoms with Crippen LogP contribution in [0.4, 0.5) is 17.1 Å². The molecule has 10 nitrogen and oxygen atoms in total. The molecular weight excluding hydrogens is 446 g/mol. The summed E-state index contributed by atoms with van der Waals surface area (Å²) in [4.78, 5) is 10.4. The summed E-state index contributed by atoms with van der Waals surface area (Å²) < 4.78 is 30.0. The van der Waals surface area contributed by atoms with Gasteiger partial charge in [0.05, 0.1) is 10.4 Å². The molecule has 1 aliphatic heterocycles. The van der Waals surface area contributed by atoms with E-state index in [0.717, 1.165) is 11.6 Å². The van der Waals surface area contributed by atoms with Crippen molar-refractivity contribution in [1.29, 1.82) is 0 Å². The Hall–Kier alpha value is -3.31. The first kappa shape index (κ1) is 22.9. The van der Waals surface area contributed by atoms with Gasteiger partial charge in [-0.25, -0.2) is 8.42 Å². The molecule has 1 fully saturated rings. The number of aromatic hydroxyl groups is 1. The van der Waals surface area contributed by atoms with Crippen LogP contribution in [0.25, 0.3) is 10.9 Å². The molecule has 0 saturated carbocycles. The van der Waals surface area contributed by atoms with Crippen LogP contribution in [0.2, 0.25) is 0 Å². The Morgan fingerprint density at radius 2 is 1.88 bits per heavy atom. The minimum Gasteiger partial charge on any atom is -0.493 e. The first-order valence-corrected chi connectivity index (χ1v) is 12.0. The monoisotopic (exact) mass is 471 g/mol. The van der Waals surface area contributed by atoms with Gasteiger partial charge in [-0.2, -0.15) is 4.31 Å². The van der Waals surface area contributed by atoms with Gasteiger partial charge in [0.25, 0.3) is 5.69 Å². The number of nitro groups is 1. The van der Waals surface area contributed by atoms with Gasteiger partial charge in [-0.05, 0) is 37.8 Å². The molecule has 0 unspecified atom stereocenters. The molecule has 0 aliphatic carbocycles. The van der Waals surface area contributed by atoms with Gasteiger partial charge >= 0.3 is 0 Å². The molecule has 0 radical (unpaired) electrons. The quantitative estimate of drug-likeness (QED) is 0.317. The van der Waals surface area contributed by atoms with E-state index in [0.29, 0.717) is 30.7 Å². The average molecular weight is 472 g/mol. The van der Waals surface area contributed by atoms with Gasteiger partial charge in [0, 0.05) is 37.2 Å². The molecule has 1 aromatic heterocycles. The van der Waals surface area contributed by atoms with Crippen molar-refractivity contribution >= 4 is 38.0 Å². The third-order valence-corrected chi connectivity index (χ3v) is 8.17. The molecule has 2 atom stereocenters. The molecule has 11 heteroatoms. The maximum Gasteiger partial charge on any atom is 0.270 e. The number of para-hydroxylation sites is 1. The van der Waals surface area contributed by atoms with Crippen LogP contribution >= 0.6 is 0 Å². The fourth-order valence-electron chi connectivity index (χ4n) is 4.34. The molecule has 2 heterocycles. The lowest BCUT2D eigenvalue weighted by Gasteiger charge is -2.35. The van der Waals surface area contributed by atoms with Gasteiger partial charge in [0.2, 0.25) is 15.9 Å². The van der Waals surface area contributed by atoms with Crippen LogP contribution in [0.1, 0.15) is 26.7 Å². The lowest BCUT2D eigenvalue weighted by molar-refractivity contribution is -0.385. The maximum atomic E-state index is 13.5. The Labute approximate surface area is 191 Å². The highest BCUT2D eigenvalue weighted by molar-refractivity contribution is 7.89. The number of nitro benzene ring substituents is 1. The summed E-state index contributed by atoms with van der Waals surface area (Å²) in [5.41, 5.74) is 0.545. The molecule has 174 valence electrons. The predicted octanol–water partition coefficient (Wildman–Crippen LogP) is 5.02. The summed E-state index contributed by atoms with van der Waals surface area (Å²) in [7, 11) is -2.39. The second-order valence-electron chi connectivity index (χ2n) is 8.45. The number of fused-ring (bicyclic) bond motifs is 1. The van der Waals surface area contributed by atoms with Crippen molar-refractivity contribution in [3.63, 3.8) is 0 Å². The van der Waals surface area contributed by atoms with E-state index in [1.807, 2.05) is 19.1 Å². The van der Waals surface area contributed by atoms with Gasteiger partial charge in [-0.15, -0.1) is 10.2 Å². The molecule has 1 saturated heterocycles. The van der Waals surface area contributed by atoms with Crippen LogP contribution in [0.3, 0.4) is 0 Å². The molecule has 0 spiro atoms. The molecule has 1 aliphatic rings. The molecule has 0 amide bonds. The second-order valence-corrected chi connectivity index (χ2v) is 10.3. The number of azo groups is 1. The zero-order valence-corrected chi connectivity index (χ0v) is 19.4. The fraction of sp³-hybridized carbons (Fsp3) is 0.364. The Morgan fingerprint density at radius 3 is 2.58 bits per heavy atom. The molecular formula is C22H25N5O5S. The van der Waals surface area contributed by atoms with E-state index in [-0.39, 0.29) is 33.9 Å². The number of benzene rings is 2. The van der Waals surface area contributed by atoms with Crippen LogP contribution in [-0.2, 0) is 17.1 Å². The van der Waals surface area contributed by atoms with Crippen molar-refractivity contribution in [2.45, 2.75) is 37.6 Å². The van der Waals surface area contributed by atoms with E-state index in [1.54, 1.807) is 23.7 Å². The first-order chi connectivity index (χ1) is 15.6. The van der Waals surface area contributed by atoms with Crippen molar-refractivity contribution in [1.82, 2.24) is 8.87 Å². The largest absolute Gasteiger partial charge is 0.493 e. The zero-order valence-electron chi connectivity index (χ0n) is 18.5. The highest BCUT2D eigenvalue weighted by Gasteiger charge is 2.35. The molecule has 1 N–H and O–H groups in total. The number of hydrogen-bond acceptors (Lipinski definition) is 7. The Kier molecular flexibility index (Phi) is 5.93. The standard InChI is InChI=1S/C22H25N5O5S/c1-14-10-11-26(15(2)12-14)33(31,32)20-13-16(27(29)30)8-9-18(20)23-24-21-17-6-4-5-7-19(17)25(3)22(21)28/h4-9,13-15,28H,10-12H2,1-3H3/t14-,15-/m0/s1. The summed E-state index contributed by atoms with van der Waals surface area (Å²) in [5, 5.41) is 30.8. The van der Waals surface area contributed by atoms with Crippen LogP contribution in [0.5, 0.6) is 5.88 Å². The Morgan fingerprint density at radius 1 is 1.15 bits per heavy atom. The van der Waals surface area contributed by atoms with E-state index in [1.165, 1.54) is 16.4 Å². The van der Waals surface area contributed by atoms with E-state index in [2.05, 4.69) is 17.2 Å².